The lowest BCUT2D eigenvalue weighted by atomic mass is 9.48. The Morgan fingerprint density at radius 2 is 2.00 bits per heavy atom. The largest absolute Gasteiger partial charge is 0.290 e. The molecule has 1 nitrogen and oxygen atoms in total. The van der Waals surface area contributed by atoms with E-state index >= 15 is 0 Å². The maximum Gasteiger partial charge on any atom is 0.181 e. The van der Waals surface area contributed by atoms with E-state index in [1.807, 2.05) is 36.4 Å². The zero-order chi connectivity index (χ0) is 13.5. The van der Waals surface area contributed by atoms with E-state index < -0.39 is 0 Å². The van der Waals surface area contributed by atoms with Gasteiger partial charge in [0.25, 0.3) is 0 Å². The number of hydrogen-bond acceptors (Lipinski definition) is 1. The Morgan fingerprint density at radius 3 is 2.63 bits per heavy atom. The number of rotatable bonds is 3. The van der Waals surface area contributed by atoms with Crippen LogP contribution in [0.15, 0.2) is 48.1 Å². The second kappa shape index (κ2) is 4.48. The van der Waals surface area contributed by atoms with Crippen molar-refractivity contribution < 1.29 is 4.79 Å². The third-order valence-corrected chi connectivity index (χ3v) is 4.98. The Balaban J connectivity index is 1.75. The van der Waals surface area contributed by atoms with E-state index in [1.165, 1.54) is 6.42 Å². The van der Waals surface area contributed by atoms with Crippen molar-refractivity contribution in [3.05, 3.63) is 53.6 Å². The van der Waals surface area contributed by atoms with Crippen LogP contribution in [0.4, 0.5) is 0 Å². The first kappa shape index (κ1) is 12.4. The molecule has 0 saturated heterocycles. The minimum absolute atomic E-state index is 0.195. The molecule has 2 atom stereocenters. The van der Waals surface area contributed by atoms with Gasteiger partial charge in [-0.1, -0.05) is 56.3 Å². The quantitative estimate of drug-likeness (QED) is 0.734. The van der Waals surface area contributed by atoms with Crippen LogP contribution in [0.5, 0.6) is 0 Å². The van der Waals surface area contributed by atoms with Crippen LogP contribution in [0.2, 0.25) is 0 Å². The lowest BCUT2D eigenvalue weighted by molar-refractivity contribution is -0.114. The Bertz CT molecular complexity index is 548. The van der Waals surface area contributed by atoms with Crippen molar-refractivity contribution in [1.29, 1.82) is 0 Å². The van der Waals surface area contributed by atoms with Crippen LogP contribution < -0.4 is 0 Å². The van der Waals surface area contributed by atoms with E-state index in [4.69, 9.17) is 0 Å². The fourth-order valence-electron chi connectivity index (χ4n) is 3.46. The standard InChI is InChI=1S/C18H20O/c1-18(2)14-9-10-15(16(18)12-14)17(19)11-8-13-6-4-3-5-7-13/h3-8,10-11,14,16H,9,12H2,1-2H3/b11-8+. The number of benzene rings is 1. The van der Waals surface area contributed by atoms with E-state index in [-0.39, 0.29) is 5.78 Å². The lowest BCUT2D eigenvalue weighted by Crippen LogP contribution is -2.49. The molecule has 19 heavy (non-hydrogen) atoms. The first-order chi connectivity index (χ1) is 9.09. The highest BCUT2D eigenvalue weighted by atomic mass is 16.1. The number of allylic oxidation sites excluding steroid dienone is 3. The van der Waals surface area contributed by atoms with Crippen LogP contribution in [0.3, 0.4) is 0 Å². The third-order valence-electron chi connectivity index (χ3n) is 4.98. The number of carbonyl (C=O) groups is 1. The highest BCUT2D eigenvalue weighted by molar-refractivity contribution is 6.07. The molecule has 3 aliphatic carbocycles. The first-order valence-electron chi connectivity index (χ1n) is 7.06. The maximum absolute atomic E-state index is 12.3. The molecule has 1 saturated carbocycles. The van der Waals surface area contributed by atoms with Crippen LogP contribution in [0.1, 0.15) is 32.3 Å². The minimum atomic E-state index is 0.195. The van der Waals surface area contributed by atoms with Crippen molar-refractivity contribution in [3.8, 4) is 0 Å². The average molecular weight is 252 g/mol. The third kappa shape index (κ3) is 2.07. The maximum atomic E-state index is 12.3. The van der Waals surface area contributed by atoms with Crippen molar-refractivity contribution >= 4 is 11.9 Å². The van der Waals surface area contributed by atoms with Gasteiger partial charge in [-0.15, -0.1) is 0 Å². The minimum Gasteiger partial charge on any atom is -0.290 e. The highest BCUT2D eigenvalue weighted by Gasteiger charge is 2.52. The fraction of sp³-hybridized carbons (Fsp3) is 0.389. The van der Waals surface area contributed by atoms with Crippen LogP contribution in [0.25, 0.3) is 6.08 Å². The van der Waals surface area contributed by atoms with Gasteiger partial charge in [0.1, 0.15) is 0 Å². The molecule has 1 aromatic rings. The van der Waals surface area contributed by atoms with Crippen LogP contribution in [-0.4, -0.2) is 5.78 Å². The van der Waals surface area contributed by atoms with Gasteiger partial charge in [-0.3, -0.25) is 4.79 Å². The molecule has 0 heterocycles. The SMILES string of the molecule is CC1(C)C2CC=C(C(=O)/C=C/c3ccccc3)C1C2. The van der Waals surface area contributed by atoms with E-state index in [9.17, 15) is 4.79 Å². The molecule has 0 radical (unpaired) electrons. The first-order valence-corrected chi connectivity index (χ1v) is 7.06. The summed E-state index contributed by atoms with van der Waals surface area (Å²) in [4.78, 5) is 12.3. The van der Waals surface area contributed by atoms with Crippen molar-refractivity contribution in [1.82, 2.24) is 0 Å². The van der Waals surface area contributed by atoms with E-state index in [1.54, 1.807) is 6.08 Å². The summed E-state index contributed by atoms with van der Waals surface area (Å²) in [6.45, 7) is 4.60. The molecule has 98 valence electrons. The Hall–Kier alpha value is -1.63. The summed E-state index contributed by atoms with van der Waals surface area (Å²) in [6.07, 6.45) is 8.09. The van der Waals surface area contributed by atoms with Gasteiger partial charge in [0.2, 0.25) is 0 Å². The van der Waals surface area contributed by atoms with Gasteiger partial charge in [-0.05, 0) is 47.3 Å². The highest BCUT2D eigenvalue weighted by Crippen LogP contribution is 2.59. The summed E-state index contributed by atoms with van der Waals surface area (Å²) in [5.74, 6) is 1.45. The number of hydrogen-bond donors (Lipinski definition) is 0. The summed E-state index contributed by atoms with van der Waals surface area (Å²) in [5, 5.41) is 0. The second-order valence-electron chi connectivity index (χ2n) is 6.31. The topological polar surface area (TPSA) is 17.1 Å². The summed E-state index contributed by atoms with van der Waals surface area (Å²) in [7, 11) is 0. The molecule has 1 aromatic carbocycles. The van der Waals surface area contributed by atoms with Gasteiger partial charge < -0.3 is 0 Å². The molecule has 2 unspecified atom stereocenters. The molecule has 0 aliphatic heterocycles. The van der Waals surface area contributed by atoms with E-state index in [0.717, 1.165) is 23.5 Å². The second-order valence-corrected chi connectivity index (χ2v) is 6.31. The molecular formula is C18H20O. The van der Waals surface area contributed by atoms with Crippen molar-refractivity contribution in [3.63, 3.8) is 0 Å². The Kier molecular flexibility index (Phi) is 2.93. The molecule has 2 bridgehead atoms. The average Bonchev–Trinajstić information content (AvgIpc) is 2.45. The summed E-state index contributed by atoms with van der Waals surface area (Å²) in [5.41, 5.74) is 2.44. The van der Waals surface area contributed by atoms with Gasteiger partial charge in [0.05, 0.1) is 0 Å². The molecule has 0 amide bonds. The van der Waals surface area contributed by atoms with E-state index in [2.05, 4.69) is 19.9 Å². The molecular weight excluding hydrogens is 232 g/mol. The smallest absolute Gasteiger partial charge is 0.181 e. The number of fused-ring (bicyclic) bond motifs is 1. The van der Waals surface area contributed by atoms with E-state index in [0.29, 0.717) is 11.3 Å². The van der Waals surface area contributed by atoms with Gasteiger partial charge in [0, 0.05) is 0 Å². The Morgan fingerprint density at radius 1 is 1.26 bits per heavy atom. The monoisotopic (exact) mass is 252 g/mol. The van der Waals surface area contributed by atoms with Crippen molar-refractivity contribution in [2.45, 2.75) is 26.7 Å². The Labute approximate surface area is 115 Å². The number of carbonyl (C=O) groups excluding carboxylic acids is 1. The zero-order valence-corrected chi connectivity index (χ0v) is 11.6. The molecule has 3 aliphatic rings. The summed E-state index contributed by atoms with van der Waals surface area (Å²) in [6, 6.07) is 10.00. The molecule has 4 rings (SSSR count). The molecule has 0 spiro atoms. The molecule has 0 aromatic heterocycles. The predicted octanol–water partition coefficient (Wildman–Crippen LogP) is 4.26. The predicted molar refractivity (Wildman–Crippen MR) is 78.6 cm³/mol. The lowest BCUT2D eigenvalue weighted by Gasteiger charge is -2.56. The molecule has 0 N–H and O–H groups in total. The van der Waals surface area contributed by atoms with Crippen LogP contribution >= 0.6 is 0 Å². The molecule has 1 heteroatoms. The fourth-order valence-corrected chi connectivity index (χ4v) is 3.46. The van der Waals surface area contributed by atoms with Gasteiger partial charge >= 0.3 is 0 Å². The molecule has 1 fully saturated rings. The van der Waals surface area contributed by atoms with Gasteiger partial charge in [-0.25, -0.2) is 0 Å². The van der Waals surface area contributed by atoms with Crippen LogP contribution in [-0.2, 0) is 4.79 Å². The van der Waals surface area contributed by atoms with Gasteiger partial charge in [-0.2, -0.15) is 0 Å². The summed E-state index contributed by atoms with van der Waals surface area (Å²) < 4.78 is 0. The van der Waals surface area contributed by atoms with Gasteiger partial charge in [0.15, 0.2) is 5.78 Å². The zero-order valence-electron chi connectivity index (χ0n) is 11.6. The van der Waals surface area contributed by atoms with Crippen molar-refractivity contribution in [2.24, 2.45) is 17.3 Å². The number of ketones is 1. The summed E-state index contributed by atoms with van der Waals surface area (Å²) >= 11 is 0. The normalized spacial score (nSPS) is 27.8. The van der Waals surface area contributed by atoms with Crippen LogP contribution in [0, 0.1) is 17.3 Å². The van der Waals surface area contributed by atoms with Crippen molar-refractivity contribution in [2.75, 3.05) is 0 Å².